The number of anilines is 1. The summed E-state index contributed by atoms with van der Waals surface area (Å²) in [4.78, 5) is 31.5. The maximum Gasteiger partial charge on any atom is 0.332 e. The summed E-state index contributed by atoms with van der Waals surface area (Å²) in [7, 11) is 3.04. The first-order valence-electron chi connectivity index (χ1n) is 8.55. The van der Waals surface area contributed by atoms with Crippen LogP contribution in [-0.2, 0) is 27.2 Å². The molecule has 3 aromatic rings. The molecule has 0 saturated heterocycles. The van der Waals surface area contributed by atoms with E-state index >= 15 is 0 Å². The summed E-state index contributed by atoms with van der Waals surface area (Å²) in [5.41, 5.74) is 0.928. The van der Waals surface area contributed by atoms with Crippen LogP contribution < -0.4 is 16.1 Å². The minimum Gasteiger partial charge on any atom is -0.395 e. The Morgan fingerprint density at radius 2 is 1.81 bits per heavy atom. The third-order valence-electron chi connectivity index (χ3n) is 4.53. The van der Waals surface area contributed by atoms with Gasteiger partial charge in [-0.15, -0.1) is 0 Å². The monoisotopic (exact) mass is 357 g/mol. The summed E-state index contributed by atoms with van der Waals surface area (Å²) in [5.74, 6) is 0.568. The predicted molar refractivity (Wildman–Crippen MR) is 100 cm³/mol. The highest BCUT2D eigenvalue weighted by Crippen LogP contribution is 2.21. The van der Waals surface area contributed by atoms with Crippen molar-refractivity contribution in [3.8, 4) is 0 Å². The number of imidazole rings is 1. The lowest BCUT2D eigenvalue weighted by Gasteiger charge is -2.23. The van der Waals surface area contributed by atoms with Gasteiger partial charge in [-0.2, -0.15) is 4.98 Å². The first kappa shape index (κ1) is 17.9. The average Bonchev–Trinajstić information content (AvgIpc) is 3.03. The zero-order chi connectivity index (χ0) is 18.8. The molecule has 2 heterocycles. The van der Waals surface area contributed by atoms with Gasteiger partial charge in [0.15, 0.2) is 11.2 Å². The van der Waals surface area contributed by atoms with E-state index in [9.17, 15) is 14.7 Å². The van der Waals surface area contributed by atoms with Gasteiger partial charge in [0.1, 0.15) is 0 Å². The summed E-state index contributed by atoms with van der Waals surface area (Å²) < 4.78 is 4.13. The molecular formula is C18H23N5O3. The van der Waals surface area contributed by atoms with Gasteiger partial charge < -0.3 is 14.6 Å². The number of benzene rings is 1. The van der Waals surface area contributed by atoms with Crippen LogP contribution in [0.5, 0.6) is 0 Å². The molecule has 0 atom stereocenters. The average molecular weight is 357 g/mol. The molecule has 2 aromatic heterocycles. The number of aryl methyl sites for hydroxylation is 1. The molecule has 1 aromatic carbocycles. The smallest absolute Gasteiger partial charge is 0.332 e. The molecule has 3 rings (SSSR count). The van der Waals surface area contributed by atoms with E-state index in [4.69, 9.17) is 0 Å². The van der Waals surface area contributed by atoms with E-state index < -0.39 is 11.2 Å². The van der Waals surface area contributed by atoms with Crippen molar-refractivity contribution in [1.82, 2.24) is 18.7 Å². The second-order valence-corrected chi connectivity index (χ2v) is 6.16. The van der Waals surface area contributed by atoms with E-state index in [-0.39, 0.29) is 13.2 Å². The number of hydrogen-bond acceptors (Lipinski definition) is 5. The number of nitrogens with zero attached hydrogens (tertiary/aromatic N) is 5. The Labute approximate surface area is 150 Å². The third-order valence-corrected chi connectivity index (χ3v) is 4.53. The second kappa shape index (κ2) is 7.17. The Bertz CT molecular complexity index is 1030. The van der Waals surface area contributed by atoms with E-state index in [2.05, 4.69) is 4.98 Å². The van der Waals surface area contributed by atoms with E-state index in [0.717, 1.165) is 10.1 Å². The summed E-state index contributed by atoms with van der Waals surface area (Å²) in [6, 6.07) is 9.95. The molecule has 0 saturated carbocycles. The molecule has 0 unspecified atom stereocenters. The lowest BCUT2D eigenvalue weighted by atomic mass is 10.2. The van der Waals surface area contributed by atoms with Crippen LogP contribution in [0, 0.1) is 0 Å². The van der Waals surface area contributed by atoms with Crippen molar-refractivity contribution in [2.75, 3.05) is 18.1 Å². The van der Waals surface area contributed by atoms with E-state index in [1.807, 2.05) is 42.2 Å². The van der Waals surface area contributed by atoms with Gasteiger partial charge in [0.2, 0.25) is 5.95 Å². The zero-order valence-corrected chi connectivity index (χ0v) is 15.2. The fourth-order valence-electron chi connectivity index (χ4n) is 3.12. The van der Waals surface area contributed by atoms with Crippen molar-refractivity contribution in [1.29, 1.82) is 0 Å². The van der Waals surface area contributed by atoms with Gasteiger partial charge in [-0.05, 0) is 12.5 Å². The molecule has 8 heteroatoms. The fourth-order valence-corrected chi connectivity index (χ4v) is 3.12. The van der Waals surface area contributed by atoms with Crippen LogP contribution in [0.1, 0.15) is 12.5 Å². The lowest BCUT2D eigenvalue weighted by Crippen LogP contribution is -2.37. The fraction of sp³-hybridized carbons (Fsp3) is 0.389. The number of rotatable bonds is 6. The lowest BCUT2D eigenvalue weighted by molar-refractivity contribution is 0.278. The molecule has 0 aliphatic rings. The minimum atomic E-state index is -0.422. The largest absolute Gasteiger partial charge is 0.395 e. The van der Waals surface area contributed by atoms with Crippen molar-refractivity contribution in [2.45, 2.75) is 20.0 Å². The van der Waals surface area contributed by atoms with Gasteiger partial charge in [0, 0.05) is 33.7 Å². The Morgan fingerprint density at radius 3 is 2.42 bits per heavy atom. The Balaban J connectivity index is 2.23. The molecule has 26 heavy (non-hydrogen) atoms. The molecule has 0 aliphatic heterocycles. The van der Waals surface area contributed by atoms with Crippen molar-refractivity contribution in [3.05, 3.63) is 56.7 Å². The topological polar surface area (TPSA) is 85.3 Å². The van der Waals surface area contributed by atoms with Crippen molar-refractivity contribution in [2.24, 2.45) is 14.1 Å². The predicted octanol–water partition coefficient (Wildman–Crippen LogP) is 0.452. The maximum absolute atomic E-state index is 12.7. The molecule has 0 aliphatic carbocycles. The molecule has 0 radical (unpaired) electrons. The minimum absolute atomic E-state index is 0.132. The SMILES string of the molecule is CCN(Cc1ccccc1)c1nc2c(c(=O)n(C)c(=O)n2C)n1CCO. The summed E-state index contributed by atoms with van der Waals surface area (Å²) in [6.45, 7) is 3.37. The quantitative estimate of drug-likeness (QED) is 0.692. The summed E-state index contributed by atoms with van der Waals surface area (Å²) in [6.07, 6.45) is 0. The highest BCUT2D eigenvalue weighted by molar-refractivity contribution is 5.74. The van der Waals surface area contributed by atoms with Gasteiger partial charge >= 0.3 is 5.69 Å². The maximum atomic E-state index is 12.7. The number of aliphatic hydroxyl groups excluding tert-OH is 1. The van der Waals surface area contributed by atoms with Crippen LogP contribution in [0.25, 0.3) is 11.2 Å². The van der Waals surface area contributed by atoms with Crippen molar-refractivity contribution >= 4 is 17.1 Å². The Kier molecular flexibility index (Phi) is 4.94. The van der Waals surface area contributed by atoms with Gasteiger partial charge in [-0.25, -0.2) is 4.79 Å². The van der Waals surface area contributed by atoms with Crippen LogP contribution in [-0.4, -0.2) is 36.9 Å². The van der Waals surface area contributed by atoms with Gasteiger partial charge in [0.05, 0.1) is 6.61 Å². The molecule has 1 N–H and O–H groups in total. The first-order chi connectivity index (χ1) is 12.5. The standard InChI is InChI=1S/C18H23N5O3/c1-4-22(12-13-8-6-5-7-9-13)17-19-15-14(23(17)10-11-24)16(25)21(3)18(26)20(15)2/h5-9,24H,4,10-12H2,1-3H3. The van der Waals surface area contributed by atoms with Gasteiger partial charge in [-0.3, -0.25) is 13.9 Å². The zero-order valence-electron chi connectivity index (χ0n) is 15.2. The normalized spacial score (nSPS) is 11.2. The van der Waals surface area contributed by atoms with Gasteiger partial charge in [0.25, 0.3) is 5.56 Å². The highest BCUT2D eigenvalue weighted by Gasteiger charge is 2.22. The van der Waals surface area contributed by atoms with Crippen molar-refractivity contribution in [3.63, 3.8) is 0 Å². The Hall–Kier alpha value is -2.87. The first-order valence-corrected chi connectivity index (χ1v) is 8.55. The van der Waals surface area contributed by atoms with Crippen LogP contribution in [0.2, 0.25) is 0 Å². The van der Waals surface area contributed by atoms with Crippen LogP contribution >= 0.6 is 0 Å². The second-order valence-electron chi connectivity index (χ2n) is 6.16. The number of aliphatic hydroxyl groups is 1. The number of fused-ring (bicyclic) bond motifs is 1. The van der Waals surface area contributed by atoms with E-state index in [0.29, 0.717) is 30.2 Å². The van der Waals surface area contributed by atoms with Crippen LogP contribution in [0.15, 0.2) is 39.9 Å². The van der Waals surface area contributed by atoms with Crippen LogP contribution in [0.3, 0.4) is 0 Å². The number of hydrogen-bond donors (Lipinski definition) is 1. The summed E-state index contributed by atoms with van der Waals surface area (Å²) >= 11 is 0. The molecule has 0 amide bonds. The van der Waals surface area contributed by atoms with Crippen molar-refractivity contribution < 1.29 is 5.11 Å². The number of aromatic nitrogens is 4. The molecular weight excluding hydrogens is 334 g/mol. The van der Waals surface area contributed by atoms with Crippen LogP contribution in [0.4, 0.5) is 5.95 Å². The Morgan fingerprint density at radius 1 is 1.12 bits per heavy atom. The highest BCUT2D eigenvalue weighted by atomic mass is 16.3. The van der Waals surface area contributed by atoms with E-state index in [1.54, 1.807) is 11.6 Å². The third kappa shape index (κ3) is 2.92. The molecule has 0 bridgehead atoms. The molecule has 138 valence electrons. The summed E-state index contributed by atoms with van der Waals surface area (Å²) in [5, 5.41) is 9.51. The molecule has 0 spiro atoms. The molecule has 8 nitrogen and oxygen atoms in total. The van der Waals surface area contributed by atoms with Gasteiger partial charge in [-0.1, -0.05) is 30.3 Å². The van der Waals surface area contributed by atoms with E-state index in [1.165, 1.54) is 11.6 Å². The molecule has 0 fully saturated rings.